The molecule has 0 spiro atoms. The number of hydrogen-bond donors (Lipinski definition) is 2. The Kier molecular flexibility index (Phi) is 5.77. The molecule has 8 heteroatoms. The number of halogens is 2. The topological polar surface area (TPSA) is 92.7 Å². The predicted molar refractivity (Wildman–Crippen MR) is 66.5 cm³/mol. The largest absolute Gasteiger partial charge is 0.480 e. The number of carboxylic acid groups (broad SMARTS) is 1. The summed E-state index contributed by atoms with van der Waals surface area (Å²) in [5, 5.41) is 10.9. The van der Waals surface area contributed by atoms with Gasteiger partial charge in [0.15, 0.2) is 11.6 Å². The van der Waals surface area contributed by atoms with Gasteiger partial charge in [0, 0.05) is 0 Å². The molecule has 0 radical (unpaired) electrons. The first-order chi connectivity index (χ1) is 9.86. The molecule has 1 aromatic carbocycles. The molecule has 0 heterocycles. The SMILES string of the molecule is CCOC(=O)C[C@@H](NC(=O)c1cccc(F)c1F)C(=O)O. The third-order valence-corrected chi connectivity index (χ3v) is 2.48. The Bertz CT molecular complexity index is 561. The van der Waals surface area contributed by atoms with Crippen molar-refractivity contribution in [1.29, 1.82) is 0 Å². The standard InChI is InChI=1S/C13H13F2NO5/c1-2-21-10(17)6-9(13(19)20)16-12(18)7-4-3-5-8(14)11(7)15/h3-5,9H,2,6H2,1H3,(H,16,18)(H,19,20)/t9-/m1/s1. The van der Waals surface area contributed by atoms with Crippen LogP contribution in [0.25, 0.3) is 0 Å². The second kappa shape index (κ2) is 7.32. The van der Waals surface area contributed by atoms with Crippen molar-refractivity contribution in [2.45, 2.75) is 19.4 Å². The van der Waals surface area contributed by atoms with E-state index in [1.165, 1.54) is 6.92 Å². The number of esters is 1. The molecule has 1 amide bonds. The molecular weight excluding hydrogens is 288 g/mol. The van der Waals surface area contributed by atoms with Gasteiger partial charge in [0.25, 0.3) is 5.91 Å². The molecule has 0 aliphatic heterocycles. The minimum atomic E-state index is -1.60. The summed E-state index contributed by atoms with van der Waals surface area (Å²) >= 11 is 0. The summed E-state index contributed by atoms with van der Waals surface area (Å²) in [5.41, 5.74) is -0.648. The number of benzene rings is 1. The molecule has 0 fully saturated rings. The van der Waals surface area contributed by atoms with Crippen molar-refractivity contribution < 1.29 is 33.0 Å². The van der Waals surface area contributed by atoms with Gasteiger partial charge in [-0.15, -0.1) is 0 Å². The van der Waals surface area contributed by atoms with E-state index in [-0.39, 0.29) is 6.61 Å². The lowest BCUT2D eigenvalue weighted by Crippen LogP contribution is -2.42. The number of aliphatic carboxylic acids is 1. The first-order valence-corrected chi connectivity index (χ1v) is 6.00. The quantitative estimate of drug-likeness (QED) is 0.768. The summed E-state index contributed by atoms with van der Waals surface area (Å²) in [5.74, 6) is -6.09. The lowest BCUT2D eigenvalue weighted by atomic mass is 10.1. The molecule has 0 saturated heterocycles. The first kappa shape index (κ1) is 16.5. The monoisotopic (exact) mass is 301 g/mol. The zero-order valence-electron chi connectivity index (χ0n) is 11.1. The Morgan fingerprint density at radius 1 is 1.33 bits per heavy atom. The number of carbonyl (C=O) groups is 3. The molecule has 114 valence electrons. The highest BCUT2D eigenvalue weighted by Gasteiger charge is 2.26. The Labute approximate surface area is 118 Å². The van der Waals surface area contributed by atoms with Crippen molar-refractivity contribution in [3.05, 3.63) is 35.4 Å². The summed E-state index contributed by atoms with van der Waals surface area (Å²) in [7, 11) is 0. The van der Waals surface area contributed by atoms with Crippen LogP contribution in [0.4, 0.5) is 8.78 Å². The molecule has 0 bridgehead atoms. The van der Waals surface area contributed by atoms with E-state index in [0.717, 1.165) is 18.2 Å². The molecule has 0 saturated carbocycles. The van der Waals surface area contributed by atoms with Crippen LogP contribution in [-0.4, -0.2) is 35.6 Å². The van der Waals surface area contributed by atoms with Crippen LogP contribution < -0.4 is 5.32 Å². The van der Waals surface area contributed by atoms with Gasteiger partial charge in [-0.2, -0.15) is 0 Å². The predicted octanol–water partition coefficient (Wildman–Crippen LogP) is 1.10. The molecule has 0 unspecified atom stereocenters. The number of carboxylic acids is 1. The fraction of sp³-hybridized carbons (Fsp3) is 0.308. The fourth-order valence-electron chi connectivity index (χ4n) is 1.50. The van der Waals surface area contributed by atoms with Crippen LogP contribution in [0.1, 0.15) is 23.7 Å². The van der Waals surface area contributed by atoms with Crippen molar-refractivity contribution >= 4 is 17.8 Å². The number of carbonyl (C=O) groups excluding carboxylic acids is 2. The minimum absolute atomic E-state index is 0.0532. The highest BCUT2D eigenvalue weighted by Crippen LogP contribution is 2.11. The molecule has 0 aliphatic carbocycles. The fourth-order valence-corrected chi connectivity index (χ4v) is 1.50. The molecule has 21 heavy (non-hydrogen) atoms. The van der Waals surface area contributed by atoms with Crippen LogP contribution in [0.15, 0.2) is 18.2 Å². The van der Waals surface area contributed by atoms with Gasteiger partial charge < -0.3 is 15.2 Å². The van der Waals surface area contributed by atoms with E-state index >= 15 is 0 Å². The number of hydrogen-bond acceptors (Lipinski definition) is 4. The Morgan fingerprint density at radius 2 is 2.00 bits per heavy atom. The van der Waals surface area contributed by atoms with E-state index in [2.05, 4.69) is 4.74 Å². The van der Waals surface area contributed by atoms with Crippen LogP contribution in [0, 0.1) is 11.6 Å². The lowest BCUT2D eigenvalue weighted by molar-refractivity contribution is -0.149. The van der Waals surface area contributed by atoms with Crippen molar-refractivity contribution in [2.75, 3.05) is 6.61 Å². The summed E-state index contributed by atoms with van der Waals surface area (Å²) in [6, 6.07) is 1.32. The molecule has 1 rings (SSSR count). The smallest absolute Gasteiger partial charge is 0.326 e. The van der Waals surface area contributed by atoms with Crippen LogP contribution in [0.5, 0.6) is 0 Å². The Hall–Kier alpha value is -2.51. The van der Waals surface area contributed by atoms with Gasteiger partial charge in [-0.1, -0.05) is 6.07 Å². The number of rotatable bonds is 6. The normalized spacial score (nSPS) is 11.6. The van der Waals surface area contributed by atoms with Gasteiger partial charge in [0.2, 0.25) is 0 Å². The highest BCUT2D eigenvalue weighted by atomic mass is 19.2. The third kappa shape index (κ3) is 4.51. The minimum Gasteiger partial charge on any atom is -0.480 e. The zero-order valence-corrected chi connectivity index (χ0v) is 11.1. The maximum atomic E-state index is 13.4. The Morgan fingerprint density at radius 3 is 2.57 bits per heavy atom. The number of nitrogens with one attached hydrogen (secondary N) is 1. The first-order valence-electron chi connectivity index (χ1n) is 6.00. The second-order valence-corrected chi connectivity index (χ2v) is 3.97. The van der Waals surface area contributed by atoms with Gasteiger partial charge in [0.05, 0.1) is 18.6 Å². The molecule has 0 aliphatic rings. The van der Waals surface area contributed by atoms with Crippen LogP contribution >= 0.6 is 0 Å². The molecule has 0 aromatic heterocycles. The molecule has 1 aromatic rings. The lowest BCUT2D eigenvalue weighted by Gasteiger charge is -2.14. The molecule has 2 N–H and O–H groups in total. The van der Waals surface area contributed by atoms with Crippen LogP contribution in [0.2, 0.25) is 0 Å². The maximum Gasteiger partial charge on any atom is 0.326 e. The van der Waals surface area contributed by atoms with Gasteiger partial charge >= 0.3 is 11.9 Å². The Balaban J connectivity index is 2.84. The van der Waals surface area contributed by atoms with Gasteiger partial charge in [0.1, 0.15) is 6.04 Å². The van der Waals surface area contributed by atoms with E-state index in [1.54, 1.807) is 0 Å². The van der Waals surface area contributed by atoms with Gasteiger partial charge in [-0.05, 0) is 19.1 Å². The van der Waals surface area contributed by atoms with Crippen molar-refractivity contribution in [1.82, 2.24) is 5.32 Å². The number of ether oxygens (including phenoxy) is 1. The third-order valence-electron chi connectivity index (χ3n) is 2.48. The van der Waals surface area contributed by atoms with Crippen LogP contribution in [0.3, 0.4) is 0 Å². The highest BCUT2D eigenvalue weighted by molar-refractivity contribution is 5.97. The summed E-state index contributed by atoms with van der Waals surface area (Å²) < 4.78 is 31.0. The van der Waals surface area contributed by atoms with E-state index < -0.39 is 47.5 Å². The maximum absolute atomic E-state index is 13.4. The van der Waals surface area contributed by atoms with E-state index in [4.69, 9.17) is 5.11 Å². The second-order valence-electron chi connectivity index (χ2n) is 3.97. The summed E-state index contributed by atoms with van der Waals surface area (Å²) in [4.78, 5) is 33.9. The molecular formula is C13H13F2NO5. The average molecular weight is 301 g/mol. The van der Waals surface area contributed by atoms with Crippen molar-refractivity contribution in [2.24, 2.45) is 0 Å². The number of amides is 1. The van der Waals surface area contributed by atoms with E-state index in [9.17, 15) is 23.2 Å². The zero-order chi connectivity index (χ0) is 16.0. The van der Waals surface area contributed by atoms with E-state index in [1.807, 2.05) is 5.32 Å². The molecule has 6 nitrogen and oxygen atoms in total. The summed E-state index contributed by atoms with van der Waals surface area (Å²) in [6.07, 6.45) is -0.619. The summed E-state index contributed by atoms with van der Waals surface area (Å²) in [6.45, 7) is 1.59. The van der Waals surface area contributed by atoms with E-state index in [0.29, 0.717) is 0 Å². The van der Waals surface area contributed by atoms with Crippen molar-refractivity contribution in [3.63, 3.8) is 0 Å². The molecule has 1 atom stereocenters. The van der Waals surface area contributed by atoms with Gasteiger partial charge in [-0.3, -0.25) is 9.59 Å². The van der Waals surface area contributed by atoms with Gasteiger partial charge in [-0.25, -0.2) is 13.6 Å². The van der Waals surface area contributed by atoms with Crippen molar-refractivity contribution in [3.8, 4) is 0 Å². The van der Waals surface area contributed by atoms with Crippen LogP contribution in [-0.2, 0) is 14.3 Å². The average Bonchev–Trinajstić information content (AvgIpc) is 2.41.